The number of aryl methyl sites for hydroxylation is 1. The third kappa shape index (κ3) is 6.34. The zero-order chi connectivity index (χ0) is 43.3. The third-order valence-corrected chi connectivity index (χ3v) is 17.9. The molecule has 64 heavy (non-hydrogen) atoms. The van der Waals surface area contributed by atoms with E-state index in [1.54, 1.807) is 16.7 Å². The molecule has 12 rings (SSSR count). The lowest BCUT2D eigenvalue weighted by Gasteiger charge is -2.52. The molecule has 9 aliphatic rings. The van der Waals surface area contributed by atoms with E-state index in [0.29, 0.717) is 23.7 Å². The minimum absolute atomic E-state index is 0.0120. The second kappa shape index (κ2) is 15.7. The Balaban J connectivity index is 1.02. The van der Waals surface area contributed by atoms with E-state index in [4.69, 9.17) is 0 Å². The van der Waals surface area contributed by atoms with Crippen LogP contribution in [0.15, 0.2) is 119 Å². The summed E-state index contributed by atoms with van der Waals surface area (Å²) in [6, 6.07) is 21.1. The molecular weight excluding hydrogens is 781 g/mol. The van der Waals surface area contributed by atoms with Crippen LogP contribution in [0.3, 0.4) is 0 Å². The fourth-order valence-corrected chi connectivity index (χ4v) is 14.8. The van der Waals surface area contributed by atoms with E-state index >= 15 is 0 Å². The van der Waals surface area contributed by atoms with Crippen LogP contribution >= 0.6 is 0 Å². The Labute approximate surface area is 382 Å². The molecule has 0 amide bonds. The number of benzene rings is 2. The number of hydrogen-bond acceptors (Lipinski definition) is 5. The van der Waals surface area contributed by atoms with Crippen LogP contribution in [0, 0.1) is 40.4 Å². The van der Waals surface area contributed by atoms with Crippen LogP contribution in [-0.4, -0.2) is 29.1 Å². The van der Waals surface area contributed by atoms with Gasteiger partial charge in [0.15, 0.2) is 0 Å². The maximum absolute atomic E-state index is 11.4. The SMILES string of the molecule is CC1(C)C2=CC=CCC2C2CCC(C3NC(C4=CC(C#N)=C(n5c6c(c7ccccc75)CCC=C6)CC4N4C5=C(CCCC5)C(C)(C)c5ccccc54)NC(C4CCCCC4)N3)C=C21. The Morgan fingerprint density at radius 3 is 2.44 bits per heavy atom. The van der Waals surface area contributed by atoms with Gasteiger partial charge in [-0.05, 0) is 135 Å². The first-order valence-corrected chi connectivity index (χ1v) is 25.3. The van der Waals surface area contributed by atoms with Gasteiger partial charge < -0.3 is 9.47 Å². The van der Waals surface area contributed by atoms with Gasteiger partial charge in [-0.3, -0.25) is 16.0 Å². The predicted octanol–water partition coefficient (Wildman–Crippen LogP) is 12.5. The molecule has 3 N–H and O–H groups in total. The lowest BCUT2D eigenvalue weighted by Crippen LogP contribution is -2.72. The van der Waals surface area contributed by atoms with E-state index in [-0.39, 0.29) is 35.4 Å². The van der Waals surface area contributed by atoms with Crippen LogP contribution in [0.25, 0.3) is 22.7 Å². The van der Waals surface area contributed by atoms with Crippen molar-refractivity contribution in [3.63, 3.8) is 0 Å². The molecule has 0 spiro atoms. The van der Waals surface area contributed by atoms with Crippen LogP contribution in [-0.2, 0) is 11.8 Å². The van der Waals surface area contributed by atoms with Crippen LogP contribution in [0.1, 0.15) is 134 Å². The number of rotatable bonds is 5. The van der Waals surface area contributed by atoms with Gasteiger partial charge in [0.05, 0.1) is 35.6 Å². The fraction of sp³-hybridized carbons (Fsp3) is 0.500. The summed E-state index contributed by atoms with van der Waals surface area (Å²) in [5.41, 5.74) is 16.4. The molecule has 7 aliphatic carbocycles. The molecule has 1 aromatic heterocycles. The minimum Gasteiger partial charge on any atom is -0.337 e. The Morgan fingerprint density at radius 2 is 1.56 bits per heavy atom. The summed E-state index contributed by atoms with van der Waals surface area (Å²) in [6.07, 6.45) is 34.7. The van der Waals surface area contributed by atoms with Crippen molar-refractivity contribution in [1.82, 2.24) is 20.5 Å². The Morgan fingerprint density at radius 1 is 0.750 bits per heavy atom. The number of nitriles is 1. The fourth-order valence-electron chi connectivity index (χ4n) is 14.8. The number of allylic oxidation sites excluding steroid dienone is 10. The number of hydrogen-bond donors (Lipinski definition) is 3. The molecule has 3 aromatic rings. The van der Waals surface area contributed by atoms with Crippen molar-refractivity contribution in [2.75, 3.05) is 4.90 Å². The summed E-state index contributed by atoms with van der Waals surface area (Å²) in [5, 5.41) is 25.7. The lowest BCUT2D eigenvalue weighted by atomic mass is 9.68. The van der Waals surface area contributed by atoms with E-state index in [0.717, 1.165) is 43.4 Å². The maximum Gasteiger partial charge on any atom is 0.101 e. The second-order valence-corrected chi connectivity index (χ2v) is 21.9. The average molecular weight is 849 g/mol. The second-order valence-electron chi connectivity index (χ2n) is 21.9. The molecular formula is C58H68N6. The lowest BCUT2D eigenvalue weighted by molar-refractivity contribution is 0.115. The largest absolute Gasteiger partial charge is 0.337 e. The zero-order valence-corrected chi connectivity index (χ0v) is 38.7. The molecule has 7 unspecified atom stereocenters. The average Bonchev–Trinajstić information content (AvgIpc) is 3.79. The number of anilines is 1. The van der Waals surface area contributed by atoms with Crippen LogP contribution < -0.4 is 20.9 Å². The monoisotopic (exact) mass is 849 g/mol. The van der Waals surface area contributed by atoms with Crippen molar-refractivity contribution in [1.29, 1.82) is 5.26 Å². The highest BCUT2D eigenvalue weighted by atomic mass is 15.4. The van der Waals surface area contributed by atoms with E-state index in [9.17, 15) is 5.26 Å². The van der Waals surface area contributed by atoms with Crippen molar-refractivity contribution in [3.8, 4) is 6.07 Å². The van der Waals surface area contributed by atoms with Crippen LogP contribution in [0.5, 0.6) is 0 Å². The summed E-state index contributed by atoms with van der Waals surface area (Å²) < 4.78 is 2.49. The molecule has 3 heterocycles. The van der Waals surface area contributed by atoms with E-state index in [1.807, 2.05) is 0 Å². The van der Waals surface area contributed by atoms with Gasteiger partial charge in [-0.1, -0.05) is 125 Å². The highest BCUT2D eigenvalue weighted by molar-refractivity contribution is 5.93. The molecule has 7 atom stereocenters. The van der Waals surface area contributed by atoms with E-state index in [2.05, 4.69) is 150 Å². The number of nitrogens with zero attached hydrogens (tertiary/aromatic N) is 3. The third-order valence-electron chi connectivity index (χ3n) is 17.9. The first-order valence-electron chi connectivity index (χ1n) is 25.3. The Bertz CT molecular complexity index is 2660. The number of para-hydroxylation sites is 2. The van der Waals surface area contributed by atoms with Gasteiger partial charge >= 0.3 is 0 Å². The van der Waals surface area contributed by atoms with Gasteiger partial charge in [-0.2, -0.15) is 5.26 Å². The Kier molecular flexibility index (Phi) is 10.0. The van der Waals surface area contributed by atoms with Crippen molar-refractivity contribution in [2.24, 2.45) is 29.1 Å². The molecule has 330 valence electrons. The van der Waals surface area contributed by atoms with Gasteiger partial charge in [0.2, 0.25) is 0 Å². The van der Waals surface area contributed by atoms with Crippen molar-refractivity contribution in [3.05, 3.63) is 135 Å². The summed E-state index contributed by atoms with van der Waals surface area (Å²) in [5.74, 6) is 2.25. The van der Waals surface area contributed by atoms with Crippen molar-refractivity contribution >= 4 is 28.4 Å². The highest BCUT2D eigenvalue weighted by Crippen LogP contribution is 2.60. The minimum atomic E-state index is -0.0970. The normalized spacial score (nSPS) is 31.9. The first kappa shape index (κ1) is 40.8. The summed E-state index contributed by atoms with van der Waals surface area (Å²) in [7, 11) is 0. The van der Waals surface area contributed by atoms with Gasteiger partial charge in [0.25, 0.3) is 0 Å². The summed E-state index contributed by atoms with van der Waals surface area (Å²) in [4.78, 5) is 2.80. The van der Waals surface area contributed by atoms with Gasteiger partial charge in [-0.15, -0.1) is 0 Å². The quantitative estimate of drug-likeness (QED) is 0.223. The smallest absolute Gasteiger partial charge is 0.101 e. The standard InChI is InChI=1S/C58H68N6/c1-57(2)44-23-11-8-20-39(44)40-31-30-37(33-47(40)57)55-60-54(36-18-6-5-7-19-36)61-56(62-55)43-32-38(35-59)52(63-48-26-14-9-21-41(48)42-22-10-15-27-49(42)63)34-53(43)64-50-28-16-12-24-45(50)58(3,4)46-25-13-17-29-51(46)64/h8-9,11-12,14-16,21,23-24,26-28,32-33,36-37,39-40,53-56,60-62H,5-7,10,13,17-20,22,25,29-31,34H2,1-4H3. The van der Waals surface area contributed by atoms with Crippen LogP contribution in [0.2, 0.25) is 0 Å². The molecule has 2 aromatic carbocycles. The highest BCUT2D eigenvalue weighted by Gasteiger charge is 2.51. The predicted molar refractivity (Wildman–Crippen MR) is 263 cm³/mol. The van der Waals surface area contributed by atoms with Crippen LogP contribution in [0.4, 0.5) is 5.69 Å². The Hall–Kier alpha value is -4.67. The van der Waals surface area contributed by atoms with Crippen molar-refractivity contribution in [2.45, 2.75) is 154 Å². The molecule has 6 heteroatoms. The maximum atomic E-state index is 11.4. The number of nitrogens with one attached hydrogen (secondary N) is 3. The number of fused-ring (bicyclic) bond motifs is 7. The summed E-state index contributed by atoms with van der Waals surface area (Å²) >= 11 is 0. The molecule has 0 radical (unpaired) electrons. The van der Waals surface area contributed by atoms with Gasteiger partial charge in [0, 0.05) is 51.3 Å². The van der Waals surface area contributed by atoms with E-state index < -0.39 is 0 Å². The topological polar surface area (TPSA) is 68.0 Å². The summed E-state index contributed by atoms with van der Waals surface area (Å²) in [6.45, 7) is 9.93. The molecule has 3 fully saturated rings. The first-order chi connectivity index (χ1) is 31.2. The molecule has 0 bridgehead atoms. The zero-order valence-electron chi connectivity index (χ0n) is 38.7. The van der Waals surface area contributed by atoms with Gasteiger partial charge in [0.1, 0.15) is 6.07 Å². The van der Waals surface area contributed by atoms with E-state index in [1.165, 1.54) is 109 Å². The van der Waals surface area contributed by atoms with Crippen molar-refractivity contribution < 1.29 is 0 Å². The molecule has 6 nitrogen and oxygen atoms in total. The molecule has 2 aliphatic heterocycles. The molecule has 1 saturated heterocycles. The molecule has 2 saturated carbocycles. The number of aromatic nitrogens is 1. The van der Waals surface area contributed by atoms with Gasteiger partial charge in [-0.25, -0.2) is 0 Å².